The van der Waals surface area contributed by atoms with Gasteiger partial charge in [0, 0.05) is 44.4 Å². The summed E-state index contributed by atoms with van der Waals surface area (Å²) in [4.78, 5) is 4.85. The van der Waals surface area contributed by atoms with Crippen molar-refractivity contribution < 1.29 is 9.84 Å². The lowest BCUT2D eigenvalue weighted by Gasteiger charge is -2.24. The molecular formula is C14H22N2O2. The second kappa shape index (κ2) is 5.41. The molecule has 3 rings (SSSR count). The fraction of sp³-hybridized carbons (Fsp3) is 0.786. The average Bonchev–Trinajstić information content (AvgIpc) is 2.80. The molecule has 4 heteroatoms. The van der Waals surface area contributed by atoms with Gasteiger partial charge >= 0.3 is 0 Å². The molecule has 4 nitrogen and oxygen atoms in total. The van der Waals surface area contributed by atoms with E-state index in [2.05, 4.69) is 4.57 Å². The van der Waals surface area contributed by atoms with Crippen molar-refractivity contribution in [1.29, 1.82) is 0 Å². The van der Waals surface area contributed by atoms with Crippen molar-refractivity contribution in [3.8, 4) is 0 Å². The van der Waals surface area contributed by atoms with Gasteiger partial charge in [-0.25, -0.2) is 4.98 Å². The molecule has 18 heavy (non-hydrogen) atoms. The van der Waals surface area contributed by atoms with Crippen LogP contribution in [0.5, 0.6) is 0 Å². The molecular weight excluding hydrogens is 228 g/mol. The fourth-order valence-corrected chi connectivity index (χ4v) is 3.22. The topological polar surface area (TPSA) is 47.3 Å². The van der Waals surface area contributed by atoms with Crippen LogP contribution >= 0.6 is 0 Å². The molecule has 1 aromatic rings. The van der Waals surface area contributed by atoms with Crippen molar-refractivity contribution in [3.05, 3.63) is 17.2 Å². The summed E-state index contributed by atoms with van der Waals surface area (Å²) in [5, 5.41) is 9.17. The Labute approximate surface area is 108 Å². The monoisotopic (exact) mass is 250 g/mol. The van der Waals surface area contributed by atoms with Crippen LogP contribution in [-0.2, 0) is 24.1 Å². The standard InChI is InChI=1S/C14H22N2O2/c17-8-4-12-13-3-1-2-7-16(13)14(15-12)11-5-9-18-10-6-11/h11,17H,1-10H2. The number of rotatable bonds is 3. The number of hydrogen-bond acceptors (Lipinski definition) is 3. The summed E-state index contributed by atoms with van der Waals surface area (Å²) < 4.78 is 7.88. The summed E-state index contributed by atoms with van der Waals surface area (Å²) in [5.41, 5.74) is 2.52. The minimum absolute atomic E-state index is 0.206. The van der Waals surface area contributed by atoms with Gasteiger partial charge in [-0.1, -0.05) is 0 Å². The molecule has 2 aliphatic heterocycles. The number of nitrogens with zero attached hydrogens (tertiary/aromatic N) is 2. The Bertz CT molecular complexity index is 408. The van der Waals surface area contributed by atoms with Crippen molar-refractivity contribution in [2.45, 2.75) is 51.0 Å². The van der Waals surface area contributed by atoms with Crippen molar-refractivity contribution in [1.82, 2.24) is 9.55 Å². The maximum Gasteiger partial charge on any atom is 0.112 e. The quantitative estimate of drug-likeness (QED) is 0.887. The lowest BCUT2D eigenvalue weighted by molar-refractivity contribution is 0.0826. The summed E-state index contributed by atoms with van der Waals surface area (Å²) >= 11 is 0. The Morgan fingerprint density at radius 3 is 2.89 bits per heavy atom. The Balaban J connectivity index is 1.92. The smallest absolute Gasteiger partial charge is 0.112 e. The van der Waals surface area contributed by atoms with Gasteiger partial charge in [0.15, 0.2) is 0 Å². The van der Waals surface area contributed by atoms with Gasteiger partial charge in [0.05, 0.1) is 5.69 Å². The van der Waals surface area contributed by atoms with Gasteiger partial charge in [-0.3, -0.25) is 0 Å². The van der Waals surface area contributed by atoms with Gasteiger partial charge in [-0.2, -0.15) is 0 Å². The van der Waals surface area contributed by atoms with Crippen LogP contribution in [0.15, 0.2) is 0 Å². The van der Waals surface area contributed by atoms with E-state index in [9.17, 15) is 5.11 Å². The first-order valence-corrected chi connectivity index (χ1v) is 7.17. The Kier molecular flexibility index (Phi) is 3.66. The summed E-state index contributed by atoms with van der Waals surface area (Å²) in [7, 11) is 0. The van der Waals surface area contributed by atoms with Gasteiger partial charge in [-0.15, -0.1) is 0 Å². The van der Waals surface area contributed by atoms with E-state index in [4.69, 9.17) is 9.72 Å². The first kappa shape index (κ1) is 12.2. The number of aliphatic hydroxyl groups is 1. The highest BCUT2D eigenvalue weighted by molar-refractivity contribution is 5.22. The third-order valence-electron chi connectivity index (χ3n) is 4.17. The van der Waals surface area contributed by atoms with Gasteiger partial charge < -0.3 is 14.4 Å². The molecule has 100 valence electrons. The lowest BCUT2D eigenvalue weighted by atomic mass is 9.99. The molecule has 3 heterocycles. The zero-order chi connectivity index (χ0) is 12.4. The molecule has 0 bridgehead atoms. The zero-order valence-corrected chi connectivity index (χ0v) is 10.9. The molecule has 1 N–H and O–H groups in total. The Morgan fingerprint density at radius 2 is 2.11 bits per heavy atom. The maximum absolute atomic E-state index is 9.17. The van der Waals surface area contributed by atoms with E-state index in [0.29, 0.717) is 12.3 Å². The molecule has 0 aliphatic carbocycles. The highest BCUT2D eigenvalue weighted by Gasteiger charge is 2.26. The highest BCUT2D eigenvalue weighted by Crippen LogP contribution is 2.31. The van der Waals surface area contributed by atoms with E-state index >= 15 is 0 Å². The predicted octanol–water partition coefficient (Wildman–Crippen LogP) is 1.65. The van der Waals surface area contributed by atoms with E-state index in [1.165, 1.54) is 24.4 Å². The molecule has 0 radical (unpaired) electrons. The number of aliphatic hydroxyl groups excluding tert-OH is 1. The molecule has 0 atom stereocenters. The van der Waals surface area contributed by atoms with Crippen LogP contribution in [0.3, 0.4) is 0 Å². The number of hydrogen-bond donors (Lipinski definition) is 1. The van der Waals surface area contributed by atoms with Gasteiger partial charge in [-0.05, 0) is 32.1 Å². The van der Waals surface area contributed by atoms with Crippen LogP contribution in [0.2, 0.25) is 0 Å². The summed E-state index contributed by atoms with van der Waals surface area (Å²) in [6.45, 7) is 3.04. The van der Waals surface area contributed by atoms with Crippen molar-refractivity contribution in [2.75, 3.05) is 19.8 Å². The third-order valence-corrected chi connectivity index (χ3v) is 4.17. The van der Waals surface area contributed by atoms with Gasteiger partial charge in [0.2, 0.25) is 0 Å². The molecule has 1 aromatic heterocycles. The van der Waals surface area contributed by atoms with Crippen LogP contribution in [0, 0.1) is 0 Å². The highest BCUT2D eigenvalue weighted by atomic mass is 16.5. The normalized spacial score (nSPS) is 20.9. The van der Waals surface area contributed by atoms with E-state index in [1.54, 1.807) is 0 Å². The summed E-state index contributed by atoms with van der Waals surface area (Å²) in [5.74, 6) is 1.82. The molecule has 1 fully saturated rings. The minimum atomic E-state index is 0.206. The second-order valence-electron chi connectivity index (χ2n) is 5.33. The van der Waals surface area contributed by atoms with Gasteiger partial charge in [0.1, 0.15) is 5.82 Å². The molecule has 1 saturated heterocycles. The zero-order valence-electron chi connectivity index (χ0n) is 10.9. The van der Waals surface area contributed by atoms with Crippen LogP contribution in [0.4, 0.5) is 0 Å². The van der Waals surface area contributed by atoms with E-state index in [-0.39, 0.29) is 6.61 Å². The molecule has 2 aliphatic rings. The molecule has 0 amide bonds. The predicted molar refractivity (Wildman–Crippen MR) is 68.7 cm³/mol. The Morgan fingerprint density at radius 1 is 1.28 bits per heavy atom. The fourth-order valence-electron chi connectivity index (χ4n) is 3.22. The van der Waals surface area contributed by atoms with Crippen molar-refractivity contribution >= 4 is 0 Å². The van der Waals surface area contributed by atoms with E-state index in [0.717, 1.165) is 44.7 Å². The number of aromatic nitrogens is 2. The van der Waals surface area contributed by atoms with Crippen LogP contribution in [0.1, 0.15) is 48.8 Å². The first-order valence-electron chi connectivity index (χ1n) is 7.17. The second-order valence-corrected chi connectivity index (χ2v) is 5.33. The molecule has 0 saturated carbocycles. The Hall–Kier alpha value is -0.870. The van der Waals surface area contributed by atoms with Crippen LogP contribution in [-0.4, -0.2) is 34.5 Å². The number of ether oxygens (including phenoxy) is 1. The van der Waals surface area contributed by atoms with Crippen molar-refractivity contribution in [2.24, 2.45) is 0 Å². The maximum atomic E-state index is 9.17. The molecule has 0 spiro atoms. The van der Waals surface area contributed by atoms with Crippen LogP contribution < -0.4 is 0 Å². The van der Waals surface area contributed by atoms with E-state index < -0.39 is 0 Å². The van der Waals surface area contributed by atoms with E-state index in [1.807, 2.05) is 0 Å². The van der Waals surface area contributed by atoms with Crippen molar-refractivity contribution in [3.63, 3.8) is 0 Å². The average molecular weight is 250 g/mol. The minimum Gasteiger partial charge on any atom is -0.396 e. The summed E-state index contributed by atoms with van der Waals surface area (Å²) in [6.07, 6.45) is 6.55. The number of fused-ring (bicyclic) bond motifs is 1. The summed E-state index contributed by atoms with van der Waals surface area (Å²) in [6, 6.07) is 0. The van der Waals surface area contributed by atoms with Gasteiger partial charge in [0.25, 0.3) is 0 Å². The lowest BCUT2D eigenvalue weighted by Crippen LogP contribution is -2.20. The SMILES string of the molecule is OCCc1nc(C2CCOCC2)n2c1CCCC2. The first-order chi connectivity index (χ1) is 8.90. The molecule has 0 aromatic carbocycles. The third kappa shape index (κ3) is 2.19. The van der Waals surface area contributed by atoms with Crippen LogP contribution in [0.25, 0.3) is 0 Å². The number of imidazole rings is 1. The largest absolute Gasteiger partial charge is 0.396 e. The molecule has 0 unspecified atom stereocenters.